The second-order valence-corrected chi connectivity index (χ2v) is 19.8. The summed E-state index contributed by atoms with van der Waals surface area (Å²) >= 11 is 6.24. The van der Waals surface area contributed by atoms with Gasteiger partial charge >= 0.3 is 0 Å². The normalized spacial score (nSPS) is 24.5. The van der Waals surface area contributed by atoms with Gasteiger partial charge in [-0.2, -0.15) is 0 Å². The number of nitrogens with one attached hydrogen (secondary N) is 3. The lowest BCUT2D eigenvalue weighted by Gasteiger charge is -2.39. The molecular weight excluding hydrogens is 814 g/mol. The van der Waals surface area contributed by atoms with Gasteiger partial charge in [0.2, 0.25) is 0 Å². The lowest BCUT2D eigenvalue weighted by Crippen LogP contribution is -2.47. The van der Waals surface area contributed by atoms with Crippen molar-refractivity contribution in [3.05, 3.63) is 82.3 Å². The first-order valence-corrected chi connectivity index (χ1v) is 23.0. The molecule has 0 radical (unpaired) electrons. The summed E-state index contributed by atoms with van der Waals surface area (Å²) in [6.45, 7) is 9.50. The van der Waals surface area contributed by atoms with E-state index in [0.717, 1.165) is 88.2 Å². The predicted octanol–water partition coefficient (Wildman–Crippen LogP) is 6.70. The van der Waals surface area contributed by atoms with E-state index in [-0.39, 0.29) is 60.8 Å². The van der Waals surface area contributed by atoms with E-state index in [1.54, 1.807) is 6.07 Å². The van der Waals surface area contributed by atoms with Crippen LogP contribution in [0.2, 0.25) is 5.02 Å². The Labute approximate surface area is 356 Å². The molecule has 8 rings (SSSR count). The van der Waals surface area contributed by atoms with Crippen molar-refractivity contribution in [1.29, 1.82) is 0 Å². The number of aromatic nitrogens is 1. The van der Waals surface area contributed by atoms with Crippen molar-refractivity contribution < 1.29 is 36.2 Å². The van der Waals surface area contributed by atoms with Crippen LogP contribution in [0.5, 0.6) is 11.6 Å². The van der Waals surface area contributed by atoms with Crippen molar-refractivity contribution in [3.8, 4) is 11.6 Å². The van der Waals surface area contributed by atoms with E-state index in [1.165, 1.54) is 16.7 Å². The Balaban J connectivity index is 0.975. The number of fused-ring (bicyclic) bond motifs is 1. The fourth-order valence-corrected chi connectivity index (χ4v) is 10.2. The third kappa shape index (κ3) is 9.92. The fraction of sp³-hybridized carbons (Fsp3) is 0.545. The number of alkyl halides is 1. The number of sulfonamides is 1. The summed E-state index contributed by atoms with van der Waals surface area (Å²) in [5.74, 6) is -2.10. The Bertz CT molecular complexity index is 2180. The van der Waals surface area contributed by atoms with Crippen LogP contribution in [0.25, 0.3) is 5.57 Å². The molecule has 3 unspecified atom stereocenters. The van der Waals surface area contributed by atoms with Crippen LogP contribution in [-0.2, 0) is 14.8 Å². The lowest BCUT2D eigenvalue weighted by atomic mass is 9.72. The maximum Gasteiger partial charge on any atom is 0.268 e. The van der Waals surface area contributed by atoms with Gasteiger partial charge in [0.25, 0.3) is 21.8 Å². The van der Waals surface area contributed by atoms with Crippen LogP contribution >= 0.6 is 11.6 Å². The summed E-state index contributed by atoms with van der Waals surface area (Å²) in [6.07, 6.45) is 6.81. The highest BCUT2D eigenvalue weighted by molar-refractivity contribution is 7.90. The van der Waals surface area contributed by atoms with E-state index in [0.29, 0.717) is 12.6 Å². The van der Waals surface area contributed by atoms with Gasteiger partial charge in [-0.3, -0.25) is 20.5 Å². The molecule has 5 aliphatic rings. The summed E-state index contributed by atoms with van der Waals surface area (Å²) in [5, 5.41) is 0.734. The zero-order valence-electron chi connectivity index (χ0n) is 34.3. The summed E-state index contributed by atoms with van der Waals surface area (Å²) in [4.78, 5) is 21.9. The molecule has 4 fully saturated rings. The summed E-state index contributed by atoms with van der Waals surface area (Å²) in [5.41, 5.74) is 10.2. The van der Waals surface area contributed by atoms with Crippen LogP contribution in [0.15, 0.2) is 65.2 Å². The average Bonchev–Trinajstić information content (AvgIpc) is 3.72. The van der Waals surface area contributed by atoms with Gasteiger partial charge in [0, 0.05) is 100 Å². The second-order valence-electron chi connectivity index (χ2n) is 17.7. The molecule has 16 heteroatoms. The third-order valence-corrected chi connectivity index (χ3v) is 14.4. The van der Waals surface area contributed by atoms with Crippen molar-refractivity contribution in [1.82, 2.24) is 25.5 Å². The number of halogens is 3. The van der Waals surface area contributed by atoms with E-state index >= 15 is 4.39 Å². The minimum atomic E-state index is -4.59. The minimum Gasteiger partial charge on any atom is -0.489 e. The topological polar surface area (TPSA) is 134 Å². The van der Waals surface area contributed by atoms with E-state index in [1.807, 2.05) is 24.3 Å². The number of anilines is 1. The first-order valence-electron chi connectivity index (χ1n) is 21.1. The number of hydrogen-bond acceptors (Lipinski definition) is 11. The highest BCUT2D eigenvalue weighted by Crippen LogP contribution is 2.43. The van der Waals surface area contributed by atoms with Gasteiger partial charge in [0.05, 0.1) is 11.8 Å². The third-order valence-electron chi connectivity index (χ3n) is 12.8. The van der Waals surface area contributed by atoms with Gasteiger partial charge in [0.15, 0.2) is 5.82 Å². The van der Waals surface area contributed by atoms with Gasteiger partial charge in [-0.1, -0.05) is 43.2 Å². The molecule has 1 amide bonds. The Kier molecular flexibility index (Phi) is 12.7. The van der Waals surface area contributed by atoms with Gasteiger partial charge in [-0.05, 0) is 79.3 Å². The summed E-state index contributed by atoms with van der Waals surface area (Å²) in [7, 11) is -4.59. The van der Waals surface area contributed by atoms with Gasteiger partial charge < -0.3 is 19.1 Å². The molecule has 4 heterocycles. The Morgan fingerprint density at radius 3 is 2.57 bits per heavy atom. The van der Waals surface area contributed by atoms with Crippen molar-refractivity contribution in [2.24, 2.45) is 11.3 Å². The van der Waals surface area contributed by atoms with Gasteiger partial charge in [0.1, 0.15) is 29.0 Å². The number of ether oxygens (including phenoxy) is 3. The van der Waals surface area contributed by atoms with Gasteiger partial charge in [-0.15, -0.1) is 0 Å². The van der Waals surface area contributed by atoms with Crippen LogP contribution in [0, 0.1) is 17.2 Å². The number of allylic oxidation sites excluding steroid dienone is 1. The number of amides is 1. The Morgan fingerprint density at radius 2 is 1.82 bits per heavy atom. The minimum absolute atomic E-state index is 0.0435. The molecule has 12 nitrogen and oxygen atoms in total. The first-order chi connectivity index (χ1) is 28.7. The zero-order valence-corrected chi connectivity index (χ0v) is 35.9. The van der Waals surface area contributed by atoms with Crippen molar-refractivity contribution in [2.75, 3.05) is 64.0 Å². The molecule has 3 N–H and O–H groups in total. The summed E-state index contributed by atoms with van der Waals surface area (Å²) < 4.78 is 76.3. The number of carbonyl (C=O) groups is 1. The monoisotopic (exact) mass is 868 g/mol. The highest BCUT2D eigenvalue weighted by Gasteiger charge is 2.39. The number of hydrazine groups is 1. The second kappa shape index (κ2) is 17.9. The van der Waals surface area contributed by atoms with Crippen LogP contribution in [0.4, 0.5) is 14.5 Å². The van der Waals surface area contributed by atoms with E-state index in [4.69, 9.17) is 25.8 Å². The largest absolute Gasteiger partial charge is 0.489 e. The molecule has 0 spiro atoms. The average molecular weight is 869 g/mol. The number of nitrogens with zero attached hydrogens (tertiary/aromatic N) is 3. The quantitative estimate of drug-likeness (QED) is 0.180. The first kappa shape index (κ1) is 42.8. The van der Waals surface area contributed by atoms with E-state index in [9.17, 15) is 17.6 Å². The zero-order chi connectivity index (χ0) is 42.1. The Morgan fingerprint density at radius 1 is 1.05 bits per heavy atom. The molecule has 0 bridgehead atoms. The molecule has 3 atom stereocenters. The molecule has 3 saturated heterocycles. The van der Waals surface area contributed by atoms with Crippen molar-refractivity contribution in [2.45, 2.75) is 87.9 Å². The number of piperazine rings is 1. The summed E-state index contributed by atoms with van der Waals surface area (Å²) in [6, 6.07) is 14.4. The molecule has 1 saturated carbocycles. The van der Waals surface area contributed by atoms with E-state index in [2.05, 4.69) is 56.3 Å². The lowest BCUT2D eigenvalue weighted by molar-refractivity contribution is -0.0337. The maximum absolute atomic E-state index is 15.1. The smallest absolute Gasteiger partial charge is 0.268 e. The van der Waals surface area contributed by atoms with Gasteiger partial charge in [-0.25, -0.2) is 26.9 Å². The Hall–Kier alpha value is -3.86. The molecule has 3 aliphatic heterocycles. The van der Waals surface area contributed by atoms with Crippen LogP contribution < -0.4 is 29.9 Å². The molecule has 60 heavy (non-hydrogen) atoms. The van der Waals surface area contributed by atoms with Crippen LogP contribution in [0.1, 0.15) is 81.1 Å². The standard InChI is InChI=1S/C44H55ClF2N6O6S/c1-43(2)13-12-30(35(24-43)29-6-8-31(45)9-7-29)27-52-16-18-53(19-17-52)32-10-11-34(40(22-32)59-39-5-3-4-38-36(39)26-49-50-38)41(54)51-60(55,56)33-23-37(46)42(48-25-33)58-28-44(47)14-20-57-21-15-44/h6-11,22-23,25,36,38-39,49-50H,3-5,12-21,24,26-28H2,1-2H3,(H,51,54). The maximum atomic E-state index is 15.1. The molecule has 1 aromatic heterocycles. The molecule has 2 aliphatic carbocycles. The van der Waals surface area contributed by atoms with E-state index < -0.39 is 44.8 Å². The predicted molar refractivity (Wildman–Crippen MR) is 226 cm³/mol. The number of pyridine rings is 1. The number of hydrogen-bond donors (Lipinski definition) is 3. The number of rotatable bonds is 12. The SMILES string of the molecule is CC1(C)CCC(CN2CCN(c3ccc(C(=O)NS(=O)(=O)c4cnc(OCC5(F)CCOCC5)c(F)c4)c(OC4CCCC5NNCC54)c3)CC2)=C(c2ccc(Cl)cc2)C1. The van der Waals surface area contributed by atoms with Crippen molar-refractivity contribution >= 4 is 38.8 Å². The molecule has 3 aromatic rings. The molecule has 2 aromatic carbocycles. The fourth-order valence-electron chi connectivity index (χ4n) is 9.16. The number of benzene rings is 2. The van der Waals surface area contributed by atoms with Crippen LogP contribution in [-0.4, -0.2) is 101 Å². The molecule has 324 valence electrons. The van der Waals surface area contributed by atoms with Crippen molar-refractivity contribution in [3.63, 3.8) is 0 Å². The number of carbonyl (C=O) groups excluding carboxylic acids is 1. The highest BCUT2D eigenvalue weighted by atomic mass is 35.5. The van der Waals surface area contributed by atoms with Crippen LogP contribution in [0.3, 0.4) is 0 Å². The molecular formula is C44H55ClF2N6O6S.